The summed E-state index contributed by atoms with van der Waals surface area (Å²) in [6, 6.07) is 14.3. The second-order valence-electron chi connectivity index (χ2n) is 6.71. The lowest BCUT2D eigenvalue weighted by molar-refractivity contribution is -0.126. The topological polar surface area (TPSA) is 84.5 Å². The van der Waals surface area contributed by atoms with Gasteiger partial charge in [0.25, 0.3) is 0 Å². The fourth-order valence-electron chi connectivity index (χ4n) is 2.49. The molecule has 1 amide bonds. The molecule has 0 saturated heterocycles. The lowest BCUT2D eigenvalue weighted by Crippen LogP contribution is -2.31. The number of halogens is 1. The quantitative estimate of drug-likeness (QED) is 0.614. The Bertz CT molecular complexity index is 883. The zero-order valence-corrected chi connectivity index (χ0v) is 17.5. The van der Waals surface area contributed by atoms with Gasteiger partial charge in [0.05, 0.1) is 12.4 Å². The zero-order valence-electron chi connectivity index (χ0n) is 15.9. The van der Waals surface area contributed by atoms with Crippen LogP contribution in [0.4, 0.5) is 0 Å². The SMILES string of the molecule is CC(C)NS(=O)(=O)Cc1ccc(CNC(=O)COCc2ccccc2Cl)cc1. The number of rotatable bonds is 10. The van der Waals surface area contributed by atoms with Crippen LogP contribution in [0.1, 0.15) is 30.5 Å². The molecule has 0 radical (unpaired) electrons. The number of carbonyl (C=O) groups is 1. The summed E-state index contributed by atoms with van der Waals surface area (Å²) >= 11 is 6.04. The molecule has 2 aromatic rings. The molecule has 0 fully saturated rings. The fourth-order valence-corrected chi connectivity index (χ4v) is 4.12. The molecular weight excluding hydrogens is 400 g/mol. The molecule has 0 saturated carbocycles. The highest BCUT2D eigenvalue weighted by molar-refractivity contribution is 7.88. The number of sulfonamides is 1. The normalized spacial score (nSPS) is 11.6. The Kier molecular flexibility index (Phi) is 8.44. The van der Waals surface area contributed by atoms with Crippen molar-refractivity contribution >= 4 is 27.5 Å². The van der Waals surface area contributed by atoms with Gasteiger partial charge in [0.15, 0.2) is 0 Å². The number of benzene rings is 2. The molecule has 2 N–H and O–H groups in total. The first-order valence-corrected chi connectivity index (χ1v) is 10.9. The second-order valence-corrected chi connectivity index (χ2v) is 8.87. The van der Waals surface area contributed by atoms with Gasteiger partial charge < -0.3 is 10.1 Å². The zero-order chi connectivity index (χ0) is 20.6. The van der Waals surface area contributed by atoms with Crippen LogP contribution in [0.2, 0.25) is 5.02 Å². The van der Waals surface area contributed by atoms with Gasteiger partial charge in [-0.15, -0.1) is 0 Å². The summed E-state index contributed by atoms with van der Waals surface area (Å²) < 4.78 is 31.8. The molecule has 0 aliphatic heterocycles. The predicted octanol–water partition coefficient (Wildman–Crippen LogP) is 3.00. The maximum atomic E-state index is 11.9. The van der Waals surface area contributed by atoms with Crippen LogP contribution < -0.4 is 10.0 Å². The van der Waals surface area contributed by atoms with Crippen LogP contribution in [0, 0.1) is 0 Å². The Morgan fingerprint density at radius 1 is 1.07 bits per heavy atom. The monoisotopic (exact) mass is 424 g/mol. The largest absolute Gasteiger partial charge is 0.367 e. The van der Waals surface area contributed by atoms with Crippen LogP contribution in [0.5, 0.6) is 0 Å². The minimum absolute atomic E-state index is 0.0670. The minimum Gasteiger partial charge on any atom is -0.367 e. The molecule has 0 atom stereocenters. The van der Waals surface area contributed by atoms with Crippen LogP contribution in [0.15, 0.2) is 48.5 Å². The Morgan fingerprint density at radius 3 is 2.36 bits per heavy atom. The van der Waals surface area contributed by atoms with Crippen molar-refractivity contribution in [1.29, 1.82) is 0 Å². The van der Waals surface area contributed by atoms with Gasteiger partial charge in [-0.25, -0.2) is 13.1 Å². The lowest BCUT2D eigenvalue weighted by atomic mass is 10.1. The molecule has 0 aliphatic rings. The molecule has 2 aromatic carbocycles. The van der Waals surface area contributed by atoms with Crippen molar-refractivity contribution in [3.63, 3.8) is 0 Å². The van der Waals surface area contributed by atoms with Gasteiger partial charge in [-0.1, -0.05) is 54.1 Å². The van der Waals surface area contributed by atoms with E-state index in [-0.39, 0.29) is 30.9 Å². The summed E-state index contributed by atoms with van der Waals surface area (Å²) in [7, 11) is -3.35. The van der Waals surface area contributed by atoms with Gasteiger partial charge in [0, 0.05) is 17.6 Å². The van der Waals surface area contributed by atoms with Crippen LogP contribution in [-0.4, -0.2) is 27.0 Å². The van der Waals surface area contributed by atoms with Crippen LogP contribution in [-0.2, 0) is 38.5 Å². The molecule has 6 nitrogen and oxygen atoms in total. The van der Waals surface area contributed by atoms with Gasteiger partial charge in [-0.05, 0) is 36.6 Å². The van der Waals surface area contributed by atoms with Crippen LogP contribution in [0.25, 0.3) is 0 Å². The van der Waals surface area contributed by atoms with E-state index in [1.54, 1.807) is 44.2 Å². The van der Waals surface area contributed by atoms with Crippen molar-refractivity contribution in [2.45, 2.75) is 38.8 Å². The highest BCUT2D eigenvalue weighted by Gasteiger charge is 2.12. The van der Waals surface area contributed by atoms with Gasteiger partial charge in [-0.2, -0.15) is 0 Å². The summed E-state index contributed by atoms with van der Waals surface area (Å²) in [5, 5.41) is 3.37. The van der Waals surface area contributed by atoms with Crippen LogP contribution >= 0.6 is 11.6 Å². The third-order valence-electron chi connectivity index (χ3n) is 3.73. The van der Waals surface area contributed by atoms with E-state index in [1.165, 1.54) is 0 Å². The Hall–Kier alpha value is -1.93. The highest BCUT2D eigenvalue weighted by atomic mass is 35.5. The van der Waals surface area contributed by atoms with Crippen molar-refractivity contribution in [2.24, 2.45) is 0 Å². The molecule has 2 rings (SSSR count). The first-order valence-electron chi connectivity index (χ1n) is 8.91. The van der Waals surface area contributed by atoms with E-state index in [2.05, 4.69) is 10.0 Å². The van der Waals surface area contributed by atoms with E-state index in [0.29, 0.717) is 17.1 Å². The maximum absolute atomic E-state index is 11.9. The van der Waals surface area contributed by atoms with E-state index >= 15 is 0 Å². The van der Waals surface area contributed by atoms with E-state index in [9.17, 15) is 13.2 Å². The Morgan fingerprint density at radius 2 is 1.71 bits per heavy atom. The van der Waals surface area contributed by atoms with Gasteiger partial charge >= 0.3 is 0 Å². The average Bonchev–Trinajstić information content (AvgIpc) is 2.61. The second kappa shape index (κ2) is 10.6. The molecule has 152 valence electrons. The molecule has 0 heterocycles. The summed E-state index contributed by atoms with van der Waals surface area (Å²) in [6.07, 6.45) is 0. The first-order chi connectivity index (χ1) is 13.2. The predicted molar refractivity (Wildman–Crippen MR) is 110 cm³/mol. The van der Waals surface area contributed by atoms with Crippen molar-refractivity contribution in [3.8, 4) is 0 Å². The van der Waals surface area contributed by atoms with E-state index in [1.807, 2.05) is 18.2 Å². The summed E-state index contributed by atoms with van der Waals surface area (Å²) in [5.41, 5.74) is 2.39. The van der Waals surface area contributed by atoms with Crippen molar-refractivity contribution in [3.05, 3.63) is 70.2 Å². The third kappa shape index (κ3) is 7.98. The minimum atomic E-state index is -3.35. The van der Waals surface area contributed by atoms with Gasteiger partial charge in [0.2, 0.25) is 15.9 Å². The summed E-state index contributed by atoms with van der Waals surface area (Å²) in [6.45, 7) is 4.09. The van der Waals surface area contributed by atoms with Crippen molar-refractivity contribution in [2.75, 3.05) is 6.61 Å². The summed E-state index contributed by atoms with van der Waals surface area (Å²) in [4.78, 5) is 11.9. The smallest absolute Gasteiger partial charge is 0.246 e. The van der Waals surface area contributed by atoms with Gasteiger partial charge in [-0.3, -0.25) is 4.79 Å². The number of ether oxygens (including phenoxy) is 1. The Labute approximate surface area is 171 Å². The number of hydrogen-bond donors (Lipinski definition) is 2. The highest BCUT2D eigenvalue weighted by Crippen LogP contribution is 2.15. The molecule has 0 unspecified atom stereocenters. The average molecular weight is 425 g/mol. The van der Waals surface area contributed by atoms with E-state index < -0.39 is 10.0 Å². The molecule has 0 spiro atoms. The molecule has 0 bridgehead atoms. The molecule has 28 heavy (non-hydrogen) atoms. The Balaban J connectivity index is 1.75. The number of carbonyl (C=O) groups excluding carboxylic acids is 1. The number of nitrogens with one attached hydrogen (secondary N) is 2. The molecule has 8 heteroatoms. The fraction of sp³-hybridized carbons (Fsp3) is 0.350. The summed E-state index contributed by atoms with van der Waals surface area (Å²) in [5.74, 6) is -0.312. The van der Waals surface area contributed by atoms with Crippen molar-refractivity contribution in [1.82, 2.24) is 10.0 Å². The molecule has 0 aliphatic carbocycles. The standard InChI is InChI=1S/C20H25ClN2O4S/c1-15(2)23-28(25,26)14-17-9-7-16(8-10-17)11-22-20(24)13-27-12-18-5-3-4-6-19(18)21/h3-10,15,23H,11-14H2,1-2H3,(H,22,24). The van der Waals surface area contributed by atoms with Gasteiger partial charge in [0.1, 0.15) is 6.61 Å². The van der Waals surface area contributed by atoms with E-state index in [4.69, 9.17) is 16.3 Å². The van der Waals surface area contributed by atoms with Crippen LogP contribution in [0.3, 0.4) is 0 Å². The molecule has 0 aromatic heterocycles. The maximum Gasteiger partial charge on any atom is 0.246 e. The van der Waals surface area contributed by atoms with Crippen molar-refractivity contribution < 1.29 is 17.9 Å². The molecular formula is C20H25ClN2O4S. The number of hydrogen-bond acceptors (Lipinski definition) is 4. The first kappa shape index (κ1) is 22.4. The number of amides is 1. The lowest BCUT2D eigenvalue weighted by Gasteiger charge is -2.10. The third-order valence-corrected chi connectivity index (χ3v) is 5.65. The van der Waals surface area contributed by atoms with E-state index in [0.717, 1.165) is 11.1 Å².